The Morgan fingerprint density at radius 2 is 2.06 bits per heavy atom. The van der Waals surface area contributed by atoms with Gasteiger partial charge >= 0.3 is 0 Å². The third-order valence-electron chi connectivity index (χ3n) is 5.83. The zero-order chi connectivity index (χ0) is 26.8. The molecule has 0 spiro atoms. The van der Waals surface area contributed by atoms with Crippen molar-refractivity contribution in [3.8, 4) is 17.7 Å². The highest BCUT2D eigenvalue weighted by molar-refractivity contribution is 7.89. The molecular formula is C24H33N5O6S. The van der Waals surface area contributed by atoms with Crippen LogP contribution in [0.25, 0.3) is 0 Å². The van der Waals surface area contributed by atoms with Crippen LogP contribution in [-0.4, -0.2) is 92.8 Å². The van der Waals surface area contributed by atoms with Crippen molar-refractivity contribution in [1.29, 1.82) is 0 Å². The van der Waals surface area contributed by atoms with Gasteiger partial charge in [-0.3, -0.25) is 4.79 Å². The number of aromatic nitrogens is 3. The van der Waals surface area contributed by atoms with Gasteiger partial charge in [-0.1, -0.05) is 18.8 Å². The number of imidazole rings is 1. The molecule has 36 heavy (non-hydrogen) atoms. The lowest BCUT2D eigenvalue weighted by Crippen LogP contribution is -2.50. The molecule has 0 fully saturated rings. The minimum atomic E-state index is -3.87. The van der Waals surface area contributed by atoms with E-state index in [-0.39, 0.29) is 48.0 Å². The zero-order valence-corrected chi connectivity index (χ0v) is 22.2. The topological polar surface area (TPSA) is 138 Å². The molecule has 0 saturated carbocycles. The van der Waals surface area contributed by atoms with Crippen molar-refractivity contribution in [2.45, 2.75) is 50.5 Å². The number of carbonyl (C=O) groups is 1. The lowest BCUT2D eigenvalue weighted by atomic mass is 10.00. The summed E-state index contributed by atoms with van der Waals surface area (Å²) in [7, 11) is -0.745. The number of fused-ring (bicyclic) bond motifs is 1. The van der Waals surface area contributed by atoms with Gasteiger partial charge < -0.3 is 24.4 Å². The van der Waals surface area contributed by atoms with Gasteiger partial charge in [0.1, 0.15) is 17.3 Å². The van der Waals surface area contributed by atoms with Crippen LogP contribution < -0.4 is 4.74 Å². The summed E-state index contributed by atoms with van der Waals surface area (Å²) in [5, 5.41) is 19.6. The number of aryl methyl sites for hydroxylation is 1. The highest BCUT2D eigenvalue weighted by Gasteiger charge is 2.36. The molecule has 2 N–H and O–H groups in total. The Bertz CT molecular complexity index is 1270. The van der Waals surface area contributed by atoms with E-state index in [1.165, 1.54) is 41.0 Å². The molecule has 1 aliphatic rings. The van der Waals surface area contributed by atoms with E-state index >= 15 is 0 Å². The summed E-state index contributed by atoms with van der Waals surface area (Å²) < 4.78 is 34.9. The van der Waals surface area contributed by atoms with Crippen LogP contribution in [0.15, 0.2) is 29.8 Å². The summed E-state index contributed by atoms with van der Waals surface area (Å²) in [5.41, 5.74) is -0.679. The normalized spacial score (nSPS) is 19.6. The zero-order valence-electron chi connectivity index (χ0n) is 21.3. The monoisotopic (exact) mass is 519 g/mol. The fraction of sp³-hybridized carbons (Fsp3) is 0.542. The van der Waals surface area contributed by atoms with Crippen LogP contribution in [0, 0.1) is 17.8 Å². The highest BCUT2D eigenvalue weighted by atomic mass is 32.2. The van der Waals surface area contributed by atoms with Crippen LogP contribution in [0.4, 0.5) is 0 Å². The van der Waals surface area contributed by atoms with E-state index in [1.807, 2.05) is 6.92 Å². The average Bonchev–Trinajstić information content (AvgIpc) is 3.26. The van der Waals surface area contributed by atoms with E-state index in [1.54, 1.807) is 32.4 Å². The minimum Gasteiger partial charge on any atom is -0.472 e. The summed E-state index contributed by atoms with van der Waals surface area (Å²) >= 11 is 0. The molecule has 1 aliphatic heterocycles. The van der Waals surface area contributed by atoms with Crippen LogP contribution in [0.1, 0.15) is 43.6 Å². The van der Waals surface area contributed by atoms with Gasteiger partial charge in [-0.15, -0.1) is 0 Å². The van der Waals surface area contributed by atoms with Gasteiger partial charge in [-0.25, -0.2) is 18.4 Å². The molecular weight excluding hydrogens is 486 g/mol. The van der Waals surface area contributed by atoms with E-state index in [4.69, 9.17) is 4.74 Å². The van der Waals surface area contributed by atoms with Crippen LogP contribution in [0.3, 0.4) is 0 Å². The first kappa shape index (κ1) is 27.6. The Labute approximate surface area is 211 Å². The molecule has 0 bridgehead atoms. The maximum Gasteiger partial charge on any atom is 0.261 e. The number of ether oxygens (including phenoxy) is 1. The molecule has 2 aromatic rings. The van der Waals surface area contributed by atoms with Gasteiger partial charge in [0.15, 0.2) is 5.03 Å². The molecule has 0 aromatic carbocycles. The maximum absolute atomic E-state index is 13.4. The second-order valence-corrected chi connectivity index (χ2v) is 11.7. The maximum atomic E-state index is 13.4. The molecule has 3 atom stereocenters. The van der Waals surface area contributed by atoms with Crippen LogP contribution in [0.5, 0.6) is 5.88 Å². The highest BCUT2D eigenvalue weighted by Crippen LogP contribution is 2.28. The smallest absolute Gasteiger partial charge is 0.261 e. The molecule has 2 aromatic heterocycles. The average molecular weight is 520 g/mol. The van der Waals surface area contributed by atoms with E-state index in [9.17, 15) is 23.4 Å². The largest absolute Gasteiger partial charge is 0.472 e. The molecule has 0 radical (unpaired) electrons. The molecule has 0 aliphatic carbocycles. The second kappa shape index (κ2) is 10.6. The summed E-state index contributed by atoms with van der Waals surface area (Å²) in [4.78, 5) is 23.2. The number of aliphatic hydroxyl groups excluding tert-OH is 1. The first-order chi connectivity index (χ1) is 16.7. The van der Waals surface area contributed by atoms with Crippen molar-refractivity contribution in [3.05, 3.63) is 35.9 Å². The number of amides is 1. The van der Waals surface area contributed by atoms with Crippen molar-refractivity contribution < 1.29 is 28.2 Å². The third kappa shape index (κ3) is 6.22. The van der Waals surface area contributed by atoms with Crippen molar-refractivity contribution in [3.63, 3.8) is 0 Å². The van der Waals surface area contributed by atoms with E-state index in [2.05, 4.69) is 21.8 Å². The molecule has 3 rings (SSSR count). The number of rotatable bonds is 6. The first-order valence-corrected chi connectivity index (χ1v) is 13.0. The SMILES string of the molecule is C[C@H](CO)N1C[C@H](C)[C@H](CN(C)S(=O)(=O)c2cn(C)cn2)Oc2ncc(C#CC(C)(C)O)cc2C1=O. The molecule has 0 saturated heterocycles. The van der Waals surface area contributed by atoms with Gasteiger partial charge in [-0.05, 0) is 26.8 Å². The quantitative estimate of drug-likeness (QED) is 0.526. The van der Waals surface area contributed by atoms with Crippen LogP contribution in [0.2, 0.25) is 0 Å². The standard InChI is InChI=1S/C24H33N5O6S/c1-16-11-29(17(2)14-30)23(31)19-9-18(7-8-24(3,4)32)10-25-22(19)35-20(16)12-28(6)36(33,34)21-13-27(5)15-26-21/h9-10,13,15-17,20,30,32H,11-12,14H2,1-6H3/t16-,17+,20-/m0/s1. The second-order valence-electron chi connectivity index (χ2n) is 9.67. The number of hydrogen-bond acceptors (Lipinski definition) is 8. The Kier molecular flexibility index (Phi) is 8.10. The summed E-state index contributed by atoms with van der Waals surface area (Å²) in [5.74, 6) is 4.86. The predicted octanol–water partition coefficient (Wildman–Crippen LogP) is 0.478. The van der Waals surface area contributed by atoms with E-state index in [0.717, 1.165) is 0 Å². The summed E-state index contributed by atoms with van der Waals surface area (Å²) in [6.07, 6.45) is 3.61. The van der Waals surface area contributed by atoms with Crippen LogP contribution >= 0.6 is 0 Å². The fourth-order valence-electron chi connectivity index (χ4n) is 3.65. The van der Waals surface area contributed by atoms with Crippen molar-refractivity contribution in [2.75, 3.05) is 26.7 Å². The minimum absolute atomic E-state index is 0.0169. The number of aliphatic hydroxyl groups is 2. The van der Waals surface area contributed by atoms with Gasteiger partial charge in [0.05, 0.1) is 25.5 Å². The lowest BCUT2D eigenvalue weighted by Gasteiger charge is -2.37. The van der Waals surface area contributed by atoms with Crippen molar-refractivity contribution in [1.82, 2.24) is 23.7 Å². The lowest BCUT2D eigenvalue weighted by molar-refractivity contribution is 0.0373. The predicted molar refractivity (Wildman–Crippen MR) is 132 cm³/mol. The Hall–Kier alpha value is -2.98. The molecule has 1 amide bonds. The molecule has 0 unspecified atom stereocenters. The molecule has 196 valence electrons. The van der Waals surface area contributed by atoms with Gasteiger partial charge in [0.25, 0.3) is 15.9 Å². The van der Waals surface area contributed by atoms with Crippen molar-refractivity contribution >= 4 is 15.9 Å². The molecule has 11 nitrogen and oxygen atoms in total. The van der Waals surface area contributed by atoms with Gasteiger partial charge in [0.2, 0.25) is 5.88 Å². The summed E-state index contributed by atoms with van der Waals surface area (Å²) in [6, 6.07) is 1.04. The Morgan fingerprint density at radius 1 is 1.36 bits per heavy atom. The van der Waals surface area contributed by atoms with E-state index in [0.29, 0.717) is 5.56 Å². The number of nitrogens with zero attached hydrogens (tertiary/aromatic N) is 5. The Morgan fingerprint density at radius 3 is 2.64 bits per heavy atom. The number of pyridine rings is 1. The van der Waals surface area contributed by atoms with E-state index < -0.39 is 27.8 Å². The summed E-state index contributed by atoms with van der Waals surface area (Å²) in [6.45, 7) is 6.62. The number of likely N-dealkylation sites (N-methyl/N-ethyl adjacent to an activating group) is 1. The Balaban J connectivity index is 2.00. The fourth-order valence-corrected chi connectivity index (χ4v) is 4.79. The van der Waals surface area contributed by atoms with Crippen molar-refractivity contribution in [2.24, 2.45) is 13.0 Å². The number of carbonyl (C=O) groups excluding carboxylic acids is 1. The third-order valence-corrected chi connectivity index (χ3v) is 7.54. The van der Waals surface area contributed by atoms with Gasteiger partial charge in [0, 0.05) is 44.5 Å². The first-order valence-electron chi connectivity index (χ1n) is 11.5. The molecule has 12 heteroatoms. The molecule has 3 heterocycles. The number of sulfonamides is 1. The van der Waals surface area contributed by atoms with Gasteiger partial charge in [-0.2, -0.15) is 4.31 Å². The van der Waals surface area contributed by atoms with Crippen LogP contribution in [-0.2, 0) is 17.1 Å². The number of hydrogen-bond donors (Lipinski definition) is 2.